The molecule has 0 N–H and O–H groups in total. The third-order valence-electron chi connectivity index (χ3n) is 6.98. The number of halogens is 2. The molecule has 1 atom stereocenters. The van der Waals surface area contributed by atoms with E-state index < -0.39 is 15.7 Å². The fourth-order valence-corrected chi connectivity index (χ4v) is 5.40. The van der Waals surface area contributed by atoms with Crippen LogP contribution >= 0.6 is 0 Å². The van der Waals surface area contributed by atoms with Crippen molar-refractivity contribution >= 4 is 27.4 Å². The lowest BCUT2D eigenvalue weighted by Gasteiger charge is -2.41. The van der Waals surface area contributed by atoms with Crippen LogP contribution in [0.3, 0.4) is 0 Å². The first-order valence-electron chi connectivity index (χ1n) is 12.5. The quantitative estimate of drug-likeness (QED) is 0.451. The van der Waals surface area contributed by atoms with E-state index in [0.29, 0.717) is 36.8 Å². The highest BCUT2D eigenvalue weighted by molar-refractivity contribution is 7.90. The van der Waals surface area contributed by atoms with Gasteiger partial charge in [0, 0.05) is 56.3 Å². The molecule has 1 aromatic heterocycles. The van der Waals surface area contributed by atoms with Gasteiger partial charge in [-0.15, -0.1) is 0 Å². The molecule has 1 unspecified atom stereocenters. The van der Waals surface area contributed by atoms with Crippen LogP contribution in [0.1, 0.15) is 35.8 Å². The first kappa shape index (κ1) is 26.0. The maximum atomic E-state index is 14.8. The Morgan fingerprint density at radius 2 is 1.84 bits per heavy atom. The molecule has 8 nitrogen and oxygen atoms in total. The van der Waals surface area contributed by atoms with Gasteiger partial charge in [0.05, 0.1) is 10.6 Å². The van der Waals surface area contributed by atoms with Crippen molar-refractivity contribution in [3.8, 4) is 0 Å². The lowest BCUT2D eigenvalue weighted by molar-refractivity contribution is 0.0722. The number of nitrogens with zero attached hydrogens (tertiary/aromatic N) is 5. The minimum atomic E-state index is -3.50. The second-order valence-corrected chi connectivity index (χ2v) is 11.9. The van der Waals surface area contributed by atoms with Crippen LogP contribution in [0.2, 0.25) is 0 Å². The third-order valence-corrected chi connectivity index (χ3v) is 8.09. The van der Waals surface area contributed by atoms with Crippen molar-refractivity contribution < 1.29 is 22.0 Å². The summed E-state index contributed by atoms with van der Waals surface area (Å²) in [5.74, 6) is -0.799. The van der Waals surface area contributed by atoms with Gasteiger partial charge in [0.25, 0.3) is 5.91 Å². The highest BCUT2D eigenvalue weighted by Crippen LogP contribution is 2.31. The van der Waals surface area contributed by atoms with E-state index in [4.69, 9.17) is 0 Å². The molecule has 1 saturated heterocycles. The van der Waals surface area contributed by atoms with Crippen molar-refractivity contribution in [1.29, 1.82) is 0 Å². The van der Waals surface area contributed by atoms with Crippen molar-refractivity contribution in [3.05, 3.63) is 77.6 Å². The van der Waals surface area contributed by atoms with Crippen LogP contribution < -0.4 is 9.80 Å². The number of aromatic nitrogens is 2. The van der Waals surface area contributed by atoms with Crippen LogP contribution in [0.4, 0.5) is 20.4 Å². The van der Waals surface area contributed by atoms with Gasteiger partial charge in [-0.25, -0.2) is 27.2 Å². The molecule has 38 heavy (non-hydrogen) atoms. The van der Waals surface area contributed by atoms with Gasteiger partial charge in [0.1, 0.15) is 17.3 Å². The number of carbonyl (C=O) groups is 1. The van der Waals surface area contributed by atoms with Crippen LogP contribution in [0.25, 0.3) is 0 Å². The second kappa shape index (κ2) is 10.3. The number of anilines is 2. The number of hydrogen-bond donors (Lipinski definition) is 0. The lowest BCUT2D eigenvalue weighted by Crippen LogP contribution is -2.53. The van der Waals surface area contributed by atoms with E-state index in [1.165, 1.54) is 18.2 Å². The molecule has 2 aliphatic rings. The van der Waals surface area contributed by atoms with Gasteiger partial charge in [0.2, 0.25) is 5.95 Å². The number of benzene rings is 2. The molecule has 0 spiro atoms. The second-order valence-electron chi connectivity index (χ2n) is 9.87. The van der Waals surface area contributed by atoms with Crippen LogP contribution in [-0.2, 0) is 16.4 Å². The first-order chi connectivity index (χ1) is 18.1. The van der Waals surface area contributed by atoms with Crippen LogP contribution in [-0.4, -0.2) is 67.2 Å². The normalized spacial score (nSPS) is 17.9. The Kier molecular flexibility index (Phi) is 7.04. The Hall–Kier alpha value is -3.60. The summed E-state index contributed by atoms with van der Waals surface area (Å²) in [4.78, 5) is 27.8. The Morgan fingerprint density at radius 1 is 1.08 bits per heavy atom. The molecule has 1 aliphatic heterocycles. The summed E-state index contributed by atoms with van der Waals surface area (Å²) < 4.78 is 52.5. The maximum Gasteiger partial charge on any atom is 0.273 e. The standard InChI is InChI=1S/C27H29F2N5O3S/c1-18-16-32(25-10-9-21(15-23(25)29)38(2,36)37)13-14-33(18)27-30-12-11-24(31-27)26(35)34(20-7-8-20)17-19-5-3-4-6-22(19)28/h3-6,9-12,15,18,20H,7-8,13-14,16-17H2,1-2H3. The lowest BCUT2D eigenvalue weighted by atomic mass is 10.1. The molecular weight excluding hydrogens is 512 g/mol. The molecule has 1 amide bonds. The largest absolute Gasteiger partial charge is 0.365 e. The predicted molar refractivity (Wildman–Crippen MR) is 140 cm³/mol. The molecule has 1 saturated carbocycles. The van der Waals surface area contributed by atoms with Crippen LogP contribution in [0, 0.1) is 11.6 Å². The highest BCUT2D eigenvalue weighted by Gasteiger charge is 2.35. The molecule has 3 aromatic rings. The van der Waals surface area contributed by atoms with Gasteiger partial charge in [-0.1, -0.05) is 18.2 Å². The zero-order valence-corrected chi connectivity index (χ0v) is 22.0. The fraction of sp³-hybridized carbons (Fsp3) is 0.370. The summed E-state index contributed by atoms with van der Waals surface area (Å²) in [7, 11) is -3.50. The van der Waals surface area contributed by atoms with E-state index in [1.54, 1.807) is 35.4 Å². The number of piperazine rings is 1. The van der Waals surface area contributed by atoms with Crippen molar-refractivity contribution in [3.63, 3.8) is 0 Å². The summed E-state index contributed by atoms with van der Waals surface area (Å²) in [6, 6.07) is 11.9. The summed E-state index contributed by atoms with van der Waals surface area (Å²) in [5.41, 5.74) is 1.04. The van der Waals surface area contributed by atoms with E-state index in [2.05, 4.69) is 9.97 Å². The Labute approximate surface area is 220 Å². The average Bonchev–Trinajstić information content (AvgIpc) is 3.73. The van der Waals surface area contributed by atoms with E-state index >= 15 is 0 Å². The number of sulfone groups is 1. The van der Waals surface area contributed by atoms with Crippen LogP contribution in [0.15, 0.2) is 59.6 Å². The molecule has 0 radical (unpaired) electrons. The number of amides is 1. The molecular formula is C27H29F2N5O3S. The monoisotopic (exact) mass is 541 g/mol. The van der Waals surface area contributed by atoms with Crippen molar-refractivity contribution in [1.82, 2.24) is 14.9 Å². The highest BCUT2D eigenvalue weighted by atomic mass is 32.2. The van der Waals surface area contributed by atoms with E-state index in [1.807, 2.05) is 16.7 Å². The van der Waals surface area contributed by atoms with E-state index in [0.717, 1.165) is 25.2 Å². The molecule has 0 bridgehead atoms. The third kappa shape index (κ3) is 5.47. The van der Waals surface area contributed by atoms with Gasteiger partial charge in [0.15, 0.2) is 9.84 Å². The van der Waals surface area contributed by atoms with Crippen molar-refractivity contribution in [2.45, 2.75) is 43.3 Å². The smallest absolute Gasteiger partial charge is 0.273 e. The predicted octanol–water partition coefficient (Wildman–Crippen LogP) is 3.68. The SMILES string of the molecule is CC1CN(c2ccc(S(C)(=O)=O)cc2F)CCN1c1nccc(C(=O)N(Cc2ccccc2F)C2CC2)n1. The molecule has 2 heterocycles. The maximum absolute atomic E-state index is 14.8. The summed E-state index contributed by atoms with van der Waals surface area (Å²) >= 11 is 0. The van der Waals surface area contributed by atoms with Crippen LogP contribution in [0.5, 0.6) is 0 Å². The van der Waals surface area contributed by atoms with Gasteiger partial charge < -0.3 is 14.7 Å². The average molecular weight is 542 g/mol. The minimum Gasteiger partial charge on any atom is -0.365 e. The Balaban J connectivity index is 1.31. The number of rotatable bonds is 7. The Morgan fingerprint density at radius 3 is 2.50 bits per heavy atom. The van der Waals surface area contributed by atoms with Gasteiger partial charge >= 0.3 is 0 Å². The van der Waals surface area contributed by atoms with E-state index in [9.17, 15) is 22.0 Å². The Bertz CT molecular complexity index is 1460. The fourth-order valence-electron chi connectivity index (χ4n) is 4.76. The molecule has 2 fully saturated rings. The zero-order valence-electron chi connectivity index (χ0n) is 21.2. The first-order valence-corrected chi connectivity index (χ1v) is 14.4. The molecule has 2 aromatic carbocycles. The topological polar surface area (TPSA) is 86.7 Å². The van der Waals surface area contributed by atoms with Gasteiger partial charge in [-0.05, 0) is 50.1 Å². The number of hydrogen-bond acceptors (Lipinski definition) is 7. The van der Waals surface area contributed by atoms with Crippen molar-refractivity contribution in [2.24, 2.45) is 0 Å². The minimum absolute atomic E-state index is 0.0597. The molecule has 5 rings (SSSR count). The molecule has 1 aliphatic carbocycles. The van der Waals surface area contributed by atoms with Crippen molar-refractivity contribution in [2.75, 3.05) is 35.7 Å². The molecule has 200 valence electrons. The summed E-state index contributed by atoms with van der Waals surface area (Å²) in [6.07, 6.45) is 4.34. The summed E-state index contributed by atoms with van der Waals surface area (Å²) in [6.45, 7) is 3.53. The summed E-state index contributed by atoms with van der Waals surface area (Å²) in [5, 5.41) is 0. The van der Waals surface area contributed by atoms with Gasteiger partial charge in [-0.3, -0.25) is 4.79 Å². The van der Waals surface area contributed by atoms with Gasteiger partial charge in [-0.2, -0.15) is 0 Å². The van der Waals surface area contributed by atoms with E-state index in [-0.39, 0.29) is 40.9 Å². The molecule has 11 heteroatoms. The number of carbonyl (C=O) groups excluding carboxylic acids is 1. The zero-order chi connectivity index (χ0) is 27.0.